The molecule has 0 aliphatic heterocycles. The first-order chi connectivity index (χ1) is 11.7. The summed E-state index contributed by atoms with van der Waals surface area (Å²) in [6.45, 7) is 2.52. The summed E-state index contributed by atoms with van der Waals surface area (Å²) in [5.41, 5.74) is 0.814. The lowest BCUT2D eigenvalue weighted by Crippen LogP contribution is -2.39. The molecule has 1 atom stereocenters. The third kappa shape index (κ3) is 4.34. The summed E-state index contributed by atoms with van der Waals surface area (Å²) < 4.78 is 10.9. The molecule has 1 N–H and O–H groups in total. The minimum atomic E-state index is -0.525. The Hall–Kier alpha value is -2.37. The molecule has 1 amide bonds. The topological polar surface area (TPSA) is 77.2 Å². The molecule has 128 valence electrons. The van der Waals surface area contributed by atoms with E-state index in [1.54, 1.807) is 19.1 Å². The van der Waals surface area contributed by atoms with Crippen LogP contribution < -0.4 is 10.1 Å². The van der Waals surface area contributed by atoms with Gasteiger partial charge in [0, 0.05) is 12.1 Å². The average molecular weight is 329 g/mol. The van der Waals surface area contributed by atoms with E-state index in [0.717, 1.165) is 12.1 Å². The molecule has 0 spiro atoms. The van der Waals surface area contributed by atoms with Gasteiger partial charge in [-0.05, 0) is 49.9 Å². The van der Waals surface area contributed by atoms with Crippen molar-refractivity contribution in [1.82, 2.24) is 15.5 Å². The second kappa shape index (κ2) is 7.95. The number of hydrogen-bond donors (Lipinski definition) is 1. The second-order valence-corrected chi connectivity index (χ2v) is 6.28. The van der Waals surface area contributed by atoms with E-state index in [0.29, 0.717) is 17.6 Å². The minimum Gasteiger partial charge on any atom is -0.481 e. The summed E-state index contributed by atoms with van der Waals surface area (Å²) in [7, 11) is 0. The number of carbonyl (C=O) groups is 1. The summed E-state index contributed by atoms with van der Waals surface area (Å²) >= 11 is 0. The molecule has 0 bridgehead atoms. The predicted molar refractivity (Wildman–Crippen MR) is 89.4 cm³/mol. The Morgan fingerprint density at radius 2 is 2.04 bits per heavy atom. The summed E-state index contributed by atoms with van der Waals surface area (Å²) in [6.07, 6.45) is 7.07. The summed E-state index contributed by atoms with van der Waals surface area (Å²) in [6, 6.07) is 7.25. The van der Waals surface area contributed by atoms with Crippen LogP contribution in [0.25, 0.3) is 11.5 Å². The van der Waals surface area contributed by atoms with Crippen molar-refractivity contribution in [2.75, 3.05) is 6.54 Å². The van der Waals surface area contributed by atoms with Crippen LogP contribution in [0.1, 0.15) is 39.0 Å². The molecule has 1 aromatic heterocycles. The summed E-state index contributed by atoms with van der Waals surface area (Å²) in [5, 5.41) is 10.5. The maximum Gasteiger partial charge on any atom is 0.260 e. The largest absolute Gasteiger partial charge is 0.481 e. The highest BCUT2D eigenvalue weighted by Crippen LogP contribution is 2.23. The number of nitrogens with one attached hydrogen (secondary N) is 1. The van der Waals surface area contributed by atoms with Gasteiger partial charge < -0.3 is 14.5 Å². The summed E-state index contributed by atoms with van der Waals surface area (Å²) in [5.74, 6) is 1.64. The van der Waals surface area contributed by atoms with Crippen molar-refractivity contribution in [3.8, 4) is 17.2 Å². The highest BCUT2D eigenvalue weighted by molar-refractivity contribution is 5.80. The van der Waals surface area contributed by atoms with Gasteiger partial charge in [0.2, 0.25) is 12.3 Å². The van der Waals surface area contributed by atoms with E-state index < -0.39 is 6.10 Å². The van der Waals surface area contributed by atoms with Crippen molar-refractivity contribution < 1.29 is 13.9 Å². The molecule has 1 heterocycles. The van der Waals surface area contributed by atoms with E-state index in [9.17, 15) is 4.79 Å². The fourth-order valence-corrected chi connectivity index (χ4v) is 3.01. The molecule has 2 aromatic rings. The molecule has 1 fully saturated rings. The first-order valence-electron chi connectivity index (χ1n) is 8.53. The molecule has 1 unspecified atom stereocenters. The van der Waals surface area contributed by atoms with Gasteiger partial charge in [-0.1, -0.05) is 19.3 Å². The fraction of sp³-hybridized carbons (Fsp3) is 0.500. The highest BCUT2D eigenvalue weighted by atomic mass is 16.5. The smallest absolute Gasteiger partial charge is 0.260 e. The van der Waals surface area contributed by atoms with Gasteiger partial charge in [-0.2, -0.15) is 0 Å². The molecule has 1 aliphatic carbocycles. The molecule has 6 heteroatoms. The first kappa shape index (κ1) is 16.5. The van der Waals surface area contributed by atoms with Gasteiger partial charge in [-0.3, -0.25) is 4.79 Å². The molecule has 24 heavy (non-hydrogen) atoms. The number of hydrogen-bond acceptors (Lipinski definition) is 5. The monoisotopic (exact) mass is 329 g/mol. The first-order valence-corrected chi connectivity index (χ1v) is 8.53. The number of aromatic nitrogens is 2. The Labute approximate surface area is 141 Å². The SMILES string of the molecule is CC(Oc1ccc(-c2nnco2)cc1)C(=O)NCC1CCCCC1. The number of nitrogens with zero attached hydrogens (tertiary/aromatic N) is 2. The molecule has 0 saturated heterocycles. The van der Waals surface area contributed by atoms with Crippen LogP contribution in [0, 0.1) is 5.92 Å². The molecule has 1 saturated carbocycles. The third-order valence-electron chi connectivity index (χ3n) is 4.43. The molecule has 3 rings (SSSR count). The lowest BCUT2D eigenvalue weighted by Gasteiger charge is -2.23. The maximum atomic E-state index is 12.2. The zero-order valence-electron chi connectivity index (χ0n) is 13.9. The molecular formula is C18H23N3O3. The minimum absolute atomic E-state index is 0.0680. The van der Waals surface area contributed by atoms with Gasteiger partial charge in [-0.25, -0.2) is 0 Å². The number of amides is 1. The molecular weight excluding hydrogens is 306 g/mol. The van der Waals surface area contributed by atoms with E-state index in [-0.39, 0.29) is 5.91 Å². The standard InChI is InChI=1S/C18H23N3O3/c1-13(17(22)19-11-14-5-3-2-4-6-14)24-16-9-7-15(8-10-16)18-21-20-12-23-18/h7-10,12-14H,2-6,11H2,1H3,(H,19,22). The van der Waals surface area contributed by atoms with Crippen molar-refractivity contribution in [3.63, 3.8) is 0 Å². The fourth-order valence-electron chi connectivity index (χ4n) is 3.01. The van der Waals surface area contributed by atoms with Gasteiger partial charge in [0.25, 0.3) is 5.91 Å². The second-order valence-electron chi connectivity index (χ2n) is 6.28. The van der Waals surface area contributed by atoms with Crippen LogP contribution in [-0.4, -0.2) is 28.8 Å². The van der Waals surface area contributed by atoms with E-state index in [1.807, 2.05) is 12.1 Å². The molecule has 6 nitrogen and oxygen atoms in total. The Morgan fingerprint density at radius 1 is 1.29 bits per heavy atom. The van der Waals surface area contributed by atoms with Crippen LogP contribution in [0.2, 0.25) is 0 Å². The quantitative estimate of drug-likeness (QED) is 0.880. The van der Waals surface area contributed by atoms with Crippen LogP contribution in [0.4, 0.5) is 0 Å². The van der Waals surface area contributed by atoms with E-state index in [2.05, 4.69) is 15.5 Å². The van der Waals surface area contributed by atoms with E-state index >= 15 is 0 Å². The zero-order valence-corrected chi connectivity index (χ0v) is 13.9. The van der Waals surface area contributed by atoms with Crippen molar-refractivity contribution in [3.05, 3.63) is 30.7 Å². The molecule has 1 aromatic carbocycles. The highest BCUT2D eigenvalue weighted by Gasteiger charge is 2.18. The number of benzene rings is 1. The van der Waals surface area contributed by atoms with Crippen molar-refractivity contribution in [1.29, 1.82) is 0 Å². The Kier molecular flexibility index (Phi) is 5.46. The number of carbonyl (C=O) groups excluding carboxylic acids is 1. The van der Waals surface area contributed by atoms with Gasteiger partial charge in [0.1, 0.15) is 5.75 Å². The maximum absolute atomic E-state index is 12.2. The van der Waals surface area contributed by atoms with Crippen molar-refractivity contribution >= 4 is 5.91 Å². The van der Waals surface area contributed by atoms with E-state index in [4.69, 9.17) is 9.15 Å². The van der Waals surface area contributed by atoms with Crippen molar-refractivity contribution in [2.45, 2.75) is 45.1 Å². The van der Waals surface area contributed by atoms with Crippen LogP contribution in [0.5, 0.6) is 5.75 Å². The van der Waals surface area contributed by atoms with Gasteiger partial charge in [0.15, 0.2) is 6.10 Å². The summed E-state index contributed by atoms with van der Waals surface area (Å²) in [4.78, 5) is 12.2. The molecule has 0 radical (unpaired) electrons. The van der Waals surface area contributed by atoms with Crippen LogP contribution in [0.3, 0.4) is 0 Å². The van der Waals surface area contributed by atoms with Gasteiger partial charge in [0.05, 0.1) is 0 Å². The van der Waals surface area contributed by atoms with Gasteiger partial charge in [-0.15, -0.1) is 10.2 Å². The van der Waals surface area contributed by atoms with Crippen molar-refractivity contribution in [2.24, 2.45) is 5.92 Å². The average Bonchev–Trinajstić information content (AvgIpc) is 3.16. The normalized spacial score (nSPS) is 16.5. The third-order valence-corrected chi connectivity index (χ3v) is 4.43. The van der Waals surface area contributed by atoms with E-state index in [1.165, 1.54) is 38.5 Å². The lowest BCUT2D eigenvalue weighted by atomic mass is 9.89. The number of rotatable bonds is 6. The number of ether oxygens (including phenoxy) is 1. The van der Waals surface area contributed by atoms with Crippen LogP contribution >= 0.6 is 0 Å². The lowest BCUT2D eigenvalue weighted by molar-refractivity contribution is -0.127. The Balaban J connectivity index is 1.48. The molecule has 1 aliphatic rings. The van der Waals surface area contributed by atoms with Crippen LogP contribution in [-0.2, 0) is 4.79 Å². The zero-order chi connectivity index (χ0) is 16.8. The van der Waals surface area contributed by atoms with Crippen LogP contribution in [0.15, 0.2) is 35.1 Å². The predicted octanol–water partition coefficient (Wildman–Crippen LogP) is 3.20. The Bertz CT molecular complexity index is 634. The Morgan fingerprint density at radius 3 is 2.71 bits per heavy atom. The van der Waals surface area contributed by atoms with Gasteiger partial charge >= 0.3 is 0 Å².